The van der Waals surface area contributed by atoms with Crippen molar-refractivity contribution in [1.29, 1.82) is 0 Å². The van der Waals surface area contributed by atoms with Crippen molar-refractivity contribution in [2.75, 3.05) is 30.4 Å². The van der Waals surface area contributed by atoms with Crippen LogP contribution in [0.15, 0.2) is 35.4 Å². The Morgan fingerprint density at radius 3 is 2.67 bits per heavy atom. The van der Waals surface area contributed by atoms with Gasteiger partial charge in [-0.25, -0.2) is 9.67 Å². The fraction of sp³-hybridized carbons (Fsp3) is 0.400. The molecule has 21 heavy (non-hydrogen) atoms. The van der Waals surface area contributed by atoms with E-state index in [-0.39, 0.29) is 5.56 Å². The third-order valence-corrected chi connectivity index (χ3v) is 3.40. The summed E-state index contributed by atoms with van der Waals surface area (Å²) < 4.78 is 1.46. The topological polar surface area (TPSA) is 63.1 Å². The maximum atomic E-state index is 12.2. The summed E-state index contributed by atoms with van der Waals surface area (Å²) in [6, 6.07) is 5.43. The van der Waals surface area contributed by atoms with E-state index in [0.717, 1.165) is 30.2 Å². The first kappa shape index (κ1) is 15.0. The predicted octanol–water partition coefficient (Wildman–Crippen LogP) is 1.57. The zero-order chi connectivity index (χ0) is 15.2. The summed E-state index contributed by atoms with van der Waals surface area (Å²) in [4.78, 5) is 18.4. The van der Waals surface area contributed by atoms with E-state index < -0.39 is 0 Å². The van der Waals surface area contributed by atoms with Gasteiger partial charge in [-0.15, -0.1) is 0 Å². The molecule has 0 saturated heterocycles. The number of pyridine rings is 1. The fourth-order valence-electron chi connectivity index (χ4n) is 2.19. The van der Waals surface area contributed by atoms with Gasteiger partial charge < -0.3 is 10.2 Å². The van der Waals surface area contributed by atoms with Crippen LogP contribution < -0.4 is 15.8 Å². The number of aromatic nitrogens is 3. The van der Waals surface area contributed by atoms with Gasteiger partial charge in [-0.2, -0.15) is 5.10 Å². The van der Waals surface area contributed by atoms with Crippen molar-refractivity contribution in [3.63, 3.8) is 0 Å². The number of hydrogen-bond acceptors (Lipinski definition) is 5. The summed E-state index contributed by atoms with van der Waals surface area (Å²) >= 11 is 0. The van der Waals surface area contributed by atoms with Gasteiger partial charge in [-0.05, 0) is 31.5 Å². The largest absolute Gasteiger partial charge is 0.373 e. The van der Waals surface area contributed by atoms with E-state index in [0.29, 0.717) is 6.54 Å². The molecule has 2 rings (SSSR count). The molecule has 0 aromatic carbocycles. The van der Waals surface area contributed by atoms with E-state index in [4.69, 9.17) is 0 Å². The van der Waals surface area contributed by atoms with Crippen LogP contribution >= 0.6 is 0 Å². The lowest BCUT2D eigenvalue weighted by Gasteiger charge is -2.20. The van der Waals surface area contributed by atoms with E-state index in [1.165, 1.54) is 4.68 Å². The molecule has 6 nitrogen and oxygen atoms in total. The fourth-order valence-corrected chi connectivity index (χ4v) is 2.19. The van der Waals surface area contributed by atoms with Crippen LogP contribution in [0.5, 0.6) is 0 Å². The molecule has 2 aromatic rings. The van der Waals surface area contributed by atoms with Crippen molar-refractivity contribution in [2.45, 2.75) is 20.4 Å². The summed E-state index contributed by atoms with van der Waals surface area (Å²) in [5.74, 6) is 0.778. The van der Waals surface area contributed by atoms with Gasteiger partial charge in [0, 0.05) is 32.4 Å². The highest BCUT2D eigenvalue weighted by atomic mass is 16.1. The Hall–Kier alpha value is -2.37. The van der Waals surface area contributed by atoms with E-state index in [1.807, 2.05) is 19.2 Å². The molecule has 1 N–H and O–H groups in total. The Morgan fingerprint density at radius 1 is 1.29 bits per heavy atom. The normalized spacial score (nSPS) is 10.4. The summed E-state index contributed by atoms with van der Waals surface area (Å²) in [7, 11) is 1.81. The number of hydrogen-bond donors (Lipinski definition) is 1. The molecule has 0 amide bonds. The lowest BCUT2D eigenvalue weighted by Crippen LogP contribution is -2.28. The van der Waals surface area contributed by atoms with Crippen molar-refractivity contribution in [3.05, 3.63) is 46.5 Å². The molecule has 2 aromatic heterocycles. The highest BCUT2D eigenvalue weighted by molar-refractivity contribution is 5.42. The van der Waals surface area contributed by atoms with Gasteiger partial charge in [0.05, 0.1) is 18.4 Å². The van der Waals surface area contributed by atoms with Gasteiger partial charge in [-0.3, -0.25) is 4.79 Å². The zero-order valence-corrected chi connectivity index (χ0v) is 12.7. The molecule has 6 heteroatoms. The van der Waals surface area contributed by atoms with E-state index in [9.17, 15) is 4.79 Å². The number of nitrogens with zero attached hydrogens (tertiary/aromatic N) is 4. The van der Waals surface area contributed by atoms with E-state index in [2.05, 4.69) is 34.1 Å². The van der Waals surface area contributed by atoms with Crippen LogP contribution in [-0.2, 0) is 6.54 Å². The van der Waals surface area contributed by atoms with Gasteiger partial charge in [0.25, 0.3) is 5.56 Å². The number of rotatable bonds is 6. The molecule has 0 spiro atoms. The lowest BCUT2D eigenvalue weighted by atomic mass is 10.2. The molecule has 0 aliphatic heterocycles. The summed E-state index contributed by atoms with van der Waals surface area (Å²) in [6.45, 7) is 6.28. The maximum absolute atomic E-state index is 12.2. The summed E-state index contributed by atoms with van der Waals surface area (Å²) in [5.41, 5.74) is 1.76. The van der Waals surface area contributed by atoms with Gasteiger partial charge >= 0.3 is 0 Å². The van der Waals surface area contributed by atoms with Crippen molar-refractivity contribution in [3.8, 4) is 0 Å². The van der Waals surface area contributed by atoms with Gasteiger partial charge in [0.15, 0.2) is 0 Å². The van der Waals surface area contributed by atoms with Crippen LogP contribution in [0.3, 0.4) is 0 Å². The number of nitrogens with one attached hydrogen (secondary N) is 1. The van der Waals surface area contributed by atoms with Gasteiger partial charge in [0.1, 0.15) is 5.82 Å². The molecule has 0 saturated carbocycles. The van der Waals surface area contributed by atoms with Crippen LogP contribution in [0.4, 0.5) is 11.5 Å². The summed E-state index contributed by atoms with van der Waals surface area (Å²) in [6.07, 6.45) is 3.46. The molecule has 112 valence electrons. The van der Waals surface area contributed by atoms with Crippen LogP contribution in [0.25, 0.3) is 0 Å². The maximum Gasteiger partial charge on any atom is 0.269 e. The van der Waals surface area contributed by atoms with E-state index in [1.54, 1.807) is 18.5 Å². The second kappa shape index (κ2) is 6.88. The first-order valence-electron chi connectivity index (χ1n) is 7.12. The SMILES string of the molecule is CCN(CC)c1cnn(Cc2ccnc(NC)c2)c(=O)c1. The molecule has 0 bridgehead atoms. The number of anilines is 2. The minimum Gasteiger partial charge on any atom is -0.373 e. The molecule has 0 radical (unpaired) electrons. The molecule has 0 atom stereocenters. The second-order valence-electron chi connectivity index (χ2n) is 4.68. The predicted molar refractivity (Wildman–Crippen MR) is 84.9 cm³/mol. The van der Waals surface area contributed by atoms with E-state index >= 15 is 0 Å². The van der Waals surface area contributed by atoms with Crippen molar-refractivity contribution < 1.29 is 0 Å². The average Bonchev–Trinajstić information content (AvgIpc) is 2.51. The molecular formula is C15H21N5O. The van der Waals surface area contributed by atoms with Crippen LogP contribution in [0, 0.1) is 0 Å². The van der Waals surface area contributed by atoms with Gasteiger partial charge in [-0.1, -0.05) is 0 Å². The van der Waals surface area contributed by atoms with Crippen molar-refractivity contribution in [2.24, 2.45) is 0 Å². The van der Waals surface area contributed by atoms with Crippen LogP contribution in [-0.4, -0.2) is 34.9 Å². The molecular weight excluding hydrogens is 266 g/mol. The minimum absolute atomic E-state index is 0.0952. The minimum atomic E-state index is -0.0952. The van der Waals surface area contributed by atoms with Crippen molar-refractivity contribution >= 4 is 11.5 Å². The van der Waals surface area contributed by atoms with Crippen molar-refractivity contribution in [1.82, 2.24) is 14.8 Å². The molecule has 0 aliphatic carbocycles. The van der Waals surface area contributed by atoms with Gasteiger partial charge in [0.2, 0.25) is 0 Å². The smallest absolute Gasteiger partial charge is 0.269 e. The highest BCUT2D eigenvalue weighted by Gasteiger charge is 2.06. The van der Waals surface area contributed by atoms with Crippen LogP contribution in [0.2, 0.25) is 0 Å². The molecule has 0 fully saturated rings. The van der Waals surface area contributed by atoms with Crippen LogP contribution in [0.1, 0.15) is 19.4 Å². The third-order valence-electron chi connectivity index (χ3n) is 3.40. The Kier molecular flexibility index (Phi) is 4.92. The Morgan fingerprint density at radius 2 is 2.05 bits per heavy atom. The standard InChI is InChI=1S/C15H21N5O/c1-4-19(5-2)13-9-15(21)20(18-10-13)11-12-6-7-17-14(8-12)16-3/h6-10H,4-5,11H2,1-3H3,(H,16,17). The Bertz CT molecular complexity index is 649. The average molecular weight is 287 g/mol. The Balaban J connectivity index is 2.23. The monoisotopic (exact) mass is 287 g/mol. The molecule has 2 heterocycles. The quantitative estimate of drug-likeness (QED) is 0.874. The second-order valence-corrected chi connectivity index (χ2v) is 4.68. The Labute approximate surface area is 124 Å². The highest BCUT2D eigenvalue weighted by Crippen LogP contribution is 2.10. The molecule has 0 unspecified atom stereocenters. The summed E-state index contributed by atoms with van der Waals surface area (Å²) in [5, 5.41) is 7.25. The zero-order valence-electron chi connectivity index (χ0n) is 12.7. The molecule has 0 aliphatic rings. The first-order chi connectivity index (χ1) is 10.2. The third kappa shape index (κ3) is 3.59. The lowest BCUT2D eigenvalue weighted by molar-refractivity contribution is 0.636. The first-order valence-corrected chi connectivity index (χ1v) is 7.12.